The molecule has 16 heavy (non-hydrogen) atoms. The lowest BCUT2D eigenvalue weighted by Gasteiger charge is -2.10. The number of hydrogen-bond donors (Lipinski definition) is 1. The Labute approximate surface area is 96.1 Å². The van der Waals surface area contributed by atoms with E-state index in [0.29, 0.717) is 0 Å². The van der Waals surface area contributed by atoms with E-state index in [-0.39, 0.29) is 6.04 Å². The van der Waals surface area contributed by atoms with Crippen molar-refractivity contribution in [2.75, 3.05) is 0 Å². The highest BCUT2D eigenvalue weighted by atomic mass is 16.3. The van der Waals surface area contributed by atoms with E-state index in [0.717, 1.165) is 12.0 Å². The van der Waals surface area contributed by atoms with Gasteiger partial charge in [0.15, 0.2) is 0 Å². The molecule has 0 aliphatic heterocycles. The molecule has 2 nitrogen and oxygen atoms in total. The van der Waals surface area contributed by atoms with Crippen LogP contribution in [0.3, 0.4) is 0 Å². The quantitative estimate of drug-likeness (QED) is 0.854. The van der Waals surface area contributed by atoms with Crippen molar-refractivity contribution in [1.29, 1.82) is 0 Å². The SMILES string of the molecule is Cc1ccc(CC(N)c2ccoc2)cc1C. The molecule has 0 fully saturated rings. The van der Waals surface area contributed by atoms with E-state index in [9.17, 15) is 0 Å². The van der Waals surface area contributed by atoms with Gasteiger partial charge in [0.2, 0.25) is 0 Å². The van der Waals surface area contributed by atoms with E-state index in [1.54, 1.807) is 12.5 Å². The monoisotopic (exact) mass is 215 g/mol. The maximum absolute atomic E-state index is 6.10. The summed E-state index contributed by atoms with van der Waals surface area (Å²) in [5, 5.41) is 0. The highest BCUT2D eigenvalue weighted by molar-refractivity contribution is 5.31. The Morgan fingerprint density at radius 3 is 2.62 bits per heavy atom. The first kappa shape index (κ1) is 11.0. The standard InChI is InChI=1S/C14H17NO/c1-10-3-4-12(7-11(10)2)8-14(15)13-5-6-16-9-13/h3-7,9,14H,8,15H2,1-2H3. The van der Waals surface area contributed by atoms with Crippen LogP contribution in [0.4, 0.5) is 0 Å². The summed E-state index contributed by atoms with van der Waals surface area (Å²) >= 11 is 0. The van der Waals surface area contributed by atoms with Crippen LogP contribution in [0.25, 0.3) is 0 Å². The van der Waals surface area contributed by atoms with Crippen LogP contribution in [0.5, 0.6) is 0 Å². The minimum atomic E-state index is 0.0147. The molecule has 1 unspecified atom stereocenters. The van der Waals surface area contributed by atoms with Gasteiger partial charge < -0.3 is 10.2 Å². The van der Waals surface area contributed by atoms with Crippen LogP contribution < -0.4 is 5.73 Å². The van der Waals surface area contributed by atoms with Gasteiger partial charge in [-0.1, -0.05) is 18.2 Å². The largest absolute Gasteiger partial charge is 0.472 e. The fourth-order valence-corrected chi connectivity index (χ4v) is 1.79. The van der Waals surface area contributed by atoms with Gasteiger partial charge in [-0.3, -0.25) is 0 Å². The topological polar surface area (TPSA) is 39.2 Å². The molecule has 84 valence electrons. The summed E-state index contributed by atoms with van der Waals surface area (Å²) in [5.41, 5.74) is 11.1. The molecule has 1 heterocycles. The third-order valence-electron chi connectivity index (χ3n) is 3.00. The van der Waals surface area contributed by atoms with Crippen LogP contribution >= 0.6 is 0 Å². The zero-order valence-corrected chi connectivity index (χ0v) is 9.73. The van der Waals surface area contributed by atoms with Crippen molar-refractivity contribution in [3.8, 4) is 0 Å². The minimum absolute atomic E-state index is 0.0147. The molecule has 2 aromatic rings. The minimum Gasteiger partial charge on any atom is -0.472 e. The van der Waals surface area contributed by atoms with Crippen molar-refractivity contribution in [2.24, 2.45) is 5.73 Å². The van der Waals surface area contributed by atoms with Crippen molar-refractivity contribution in [3.63, 3.8) is 0 Å². The lowest BCUT2D eigenvalue weighted by molar-refractivity contribution is 0.558. The molecule has 2 rings (SSSR count). The predicted octanol–water partition coefficient (Wildman–Crippen LogP) is 3.14. The molecule has 0 bridgehead atoms. The molecule has 0 amide bonds. The molecule has 0 aliphatic rings. The summed E-state index contributed by atoms with van der Waals surface area (Å²) < 4.78 is 5.04. The number of benzene rings is 1. The van der Waals surface area contributed by atoms with Gasteiger partial charge in [0, 0.05) is 11.6 Å². The molecular formula is C14H17NO. The van der Waals surface area contributed by atoms with Crippen molar-refractivity contribution in [1.82, 2.24) is 0 Å². The van der Waals surface area contributed by atoms with Crippen LogP contribution in [0, 0.1) is 13.8 Å². The number of furan rings is 1. The van der Waals surface area contributed by atoms with Crippen LogP contribution in [-0.4, -0.2) is 0 Å². The maximum Gasteiger partial charge on any atom is 0.0950 e. The first-order valence-corrected chi connectivity index (χ1v) is 5.50. The van der Waals surface area contributed by atoms with Crippen LogP contribution in [0.15, 0.2) is 41.2 Å². The molecule has 0 radical (unpaired) electrons. The van der Waals surface area contributed by atoms with Gasteiger partial charge in [-0.05, 0) is 43.0 Å². The summed E-state index contributed by atoms with van der Waals surface area (Å²) in [5.74, 6) is 0. The fourth-order valence-electron chi connectivity index (χ4n) is 1.79. The average Bonchev–Trinajstić information content (AvgIpc) is 2.77. The van der Waals surface area contributed by atoms with Crippen molar-refractivity contribution in [2.45, 2.75) is 26.3 Å². The predicted molar refractivity (Wildman–Crippen MR) is 65.3 cm³/mol. The summed E-state index contributed by atoms with van der Waals surface area (Å²) in [6, 6.07) is 8.43. The molecule has 2 N–H and O–H groups in total. The highest BCUT2D eigenvalue weighted by Gasteiger charge is 2.08. The molecule has 1 atom stereocenters. The maximum atomic E-state index is 6.10. The molecule has 2 heteroatoms. The van der Waals surface area contributed by atoms with Gasteiger partial charge in [-0.25, -0.2) is 0 Å². The zero-order chi connectivity index (χ0) is 11.5. The second kappa shape index (κ2) is 4.54. The number of aryl methyl sites for hydroxylation is 2. The molecule has 1 aromatic carbocycles. The first-order chi connectivity index (χ1) is 7.66. The average molecular weight is 215 g/mol. The molecular weight excluding hydrogens is 198 g/mol. The summed E-state index contributed by atoms with van der Waals surface area (Å²) in [7, 11) is 0. The fraction of sp³-hybridized carbons (Fsp3) is 0.286. The van der Waals surface area contributed by atoms with Crippen LogP contribution in [-0.2, 0) is 6.42 Å². The van der Waals surface area contributed by atoms with Gasteiger partial charge in [-0.15, -0.1) is 0 Å². The Balaban J connectivity index is 2.12. The van der Waals surface area contributed by atoms with Gasteiger partial charge in [-0.2, -0.15) is 0 Å². The Hall–Kier alpha value is -1.54. The zero-order valence-electron chi connectivity index (χ0n) is 9.73. The number of nitrogens with two attached hydrogens (primary N) is 1. The smallest absolute Gasteiger partial charge is 0.0950 e. The highest BCUT2D eigenvalue weighted by Crippen LogP contribution is 2.18. The van der Waals surface area contributed by atoms with E-state index < -0.39 is 0 Å². The van der Waals surface area contributed by atoms with Gasteiger partial charge >= 0.3 is 0 Å². The third kappa shape index (κ3) is 2.34. The van der Waals surface area contributed by atoms with Gasteiger partial charge in [0.1, 0.15) is 0 Å². The normalized spacial score (nSPS) is 12.7. The third-order valence-corrected chi connectivity index (χ3v) is 3.00. The lowest BCUT2D eigenvalue weighted by atomic mass is 9.99. The second-order valence-electron chi connectivity index (χ2n) is 4.29. The van der Waals surface area contributed by atoms with E-state index in [4.69, 9.17) is 10.2 Å². The molecule has 0 saturated heterocycles. The second-order valence-corrected chi connectivity index (χ2v) is 4.29. The van der Waals surface area contributed by atoms with Crippen molar-refractivity contribution < 1.29 is 4.42 Å². The molecule has 0 saturated carbocycles. The van der Waals surface area contributed by atoms with Crippen molar-refractivity contribution >= 4 is 0 Å². The van der Waals surface area contributed by atoms with Crippen LogP contribution in [0.1, 0.15) is 28.3 Å². The molecule has 0 spiro atoms. The van der Waals surface area contributed by atoms with E-state index >= 15 is 0 Å². The summed E-state index contributed by atoms with van der Waals surface area (Å²) in [6.45, 7) is 4.25. The van der Waals surface area contributed by atoms with Gasteiger partial charge in [0.05, 0.1) is 12.5 Å². The number of hydrogen-bond acceptors (Lipinski definition) is 2. The molecule has 0 aliphatic carbocycles. The van der Waals surface area contributed by atoms with Gasteiger partial charge in [0.25, 0.3) is 0 Å². The molecule has 1 aromatic heterocycles. The summed E-state index contributed by atoms with van der Waals surface area (Å²) in [4.78, 5) is 0. The Bertz CT molecular complexity index is 460. The van der Waals surface area contributed by atoms with E-state index in [1.165, 1.54) is 16.7 Å². The Kier molecular flexibility index (Phi) is 3.11. The Morgan fingerprint density at radius 2 is 2.00 bits per heavy atom. The Morgan fingerprint density at radius 1 is 1.19 bits per heavy atom. The lowest BCUT2D eigenvalue weighted by Crippen LogP contribution is -2.12. The first-order valence-electron chi connectivity index (χ1n) is 5.50. The van der Waals surface area contributed by atoms with E-state index in [1.807, 2.05) is 6.07 Å². The van der Waals surface area contributed by atoms with Crippen molar-refractivity contribution in [3.05, 3.63) is 59.0 Å². The van der Waals surface area contributed by atoms with E-state index in [2.05, 4.69) is 32.0 Å². The van der Waals surface area contributed by atoms with Crippen LogP contribution in [0.2, 0.25) is 0 Å². The summed E-state index contributed by atoms with van der Waals surface area (Å²) in [6.07, 6.45) is 4.22. The number of rotatable bonds is 3.